The summed E-state index contributed by atoms with van der Waals surface area (Å²) in [5.41, 5.74) is 2.96. The van der Waals surface area contributed by atoms with E-state index in [1.165, 1.54) is 11.1 Å². The molecule has 92 valence electrons. The van der Waals surface area contributed by atoms with E-state index in [0.717, 1.165) is 31.4 Å². The predicted octanol–water partition coefficient (Wildman–Crippen LogP) is 2.89. The number of rotatable bonds is 1. The molecule has 2 aliphatic rings. The Balaban J connectivity index is 2.04. The molecule has 1 aromatic rings. The van der Waals surface area contributed by atoms with E-state index in [0.29, 0.717) is 5.92 Å². The van der Waals surface area contributed by atoms with Crippen molar-refractivity contribution in [1.29, 1.82) is 0 Å². The summed E-state index contributed by atoms with van der Waals surface area (Å²) in [6.45, 7) is 2.25. The monoisotopic (exact) mass is 232 g/mol. The Kier molecular flexibility index (Phi) is 2.44. The molecule has 1 saturated carbocycles. The van der Waals surface area contributed by atoms with Crippen molar-refractivity contribution in [1.82, 2.24) is 0 Å². The lowest BCUT2D eigenvalue weighted by atomic mass is 9.66. The number of ether oxygens (including phenoxy) is 1. The van der Waals surface area contributed by atoms with E-state index in [1.54, 1.807) is 7.11 Å². The second-order valence-electron chi connectivity index (χ2n) is 5.72. The molecule has 17 heavy (non-hydrogen) atoms. The highest BCUT2D eigenvalue weighted by Gasteiger charge is 2.48. The van der Waals surface area contributed by atoms with Gasteiger partial charge < -0.3 is 9.84 Å². The van der Waals surface area contributed by atoms with Crippen LogP contribution in [0.2, 0.25) is 0 Å². The number of benzene rings is 1. The van der Waals surface area contributed by atoms with Gasteiger partial charge in [-0.25, -0.2) is 0 Å². The SMILES string of the molecule is COc1ccc2c(c1)CC[C@]1(C)C(O)CC[C@@H]21. The van der Waals surface area contributed by atoms with Crippen LogP contribution in [-0.4, -0.2) is 18.3 Å². The molecule has 0 saturated heterocycles. The van der Waals surface area contributed by atoms with Crippen molar-refractivity contribution >= 4 is 0 Å². The van der Waals surface area contributed by atoms with Gasteiger partial charge in [0.25, 0.3) is 0 Å². The molecule has 0 aromatic heterocycles. The van der Waals surface area contributed by atoms with Crippen LogP contribution in [0.15, 0.2) is 18.2 Å². The Labute approximate surface area is 103 Å². The van der Waals surface area contributed by atoms with Crippen LogP contribution < -0.4 is 4.74 Å². The molecule has 0 spiro atoms. The van der Waals surface area contributed by atoms with Gasteiger partial charge in [-0.2, -0.15) is 0 Å². The van der Waals surface area contributed by atoms with Crippen LogP contribution in [0.4, 0.5) is 0 Å². The number of aliphatic hydroxyl groups is 1. The molecule has 1 N–H and O–H groups in total. The minimum Gasteiger partial charge on any atom is -0.497 e. The van der Waals surface area contributed by atoms with Gasteiger partial charge in [-0.15, -0.1) is 0 Å². The fourth-order valence-electron chi connectivity index (χ4n) is 3.74. The van der Waals surface area contributed by atoms with Gasteiger partial charge in [0, 0.05) is 5.41 Å². The summed E-state index contributed by atoms with van der Waals surface area (Å²) in [5, 5.41) is 10.2. The second kappa shape index (κ2) is 3.74. The van der Waals surface area contributed by atoms with E-state index in [4.69, 9.17) is 4.74 Å². The van der Waals surface area contributed by atoms with Crippen LogP contribution in [0, 0.1) is 5.41 Å². The van der Waals surface area contributed by atoms with Crippen LogP contribution in [0.3, 0.4) is 0 Å². The van der Waals surface area contributed by atoms with Crippen LogP contribution in [-0.2, 0) is 6.42 Å². The van der Waals surface area contributed by atoms with Gasteiger partial charge in [-0.3, -0.25) is 0 Å². The number of hydrogen-bond acceptors (Lipinski definition) is 2. The summed E-state index contributed by atoms with van der Waals surface area (Å²) in [6, 6.07) is 6.42. The normalized spacial score (nSPS) is 35.2. The molecule has 3 rings (SSSR count). The molecule has 1 unspecified atom stereocenters. The van der Waals surface area contributed by atoms with Crippen molar-refractivity contribution in [2.24, 2.45) is 5.41 Å². The Morgan fingerprint density at radius 2 is 2.18 bits per heavy atom. The van der Waals surface area contributed by atoms with Gasteiger partial charge in [0.15, 0.2) is 0 Å². The lowest BCUT2D eigenvalue weighted by Gasteiger charge is -2.40. The van der Waals surface area contributed by atoms with Crippen molar-refractivity contribution in [3.63, 3.8) is 0 Å². The number of aryl methyl sites for hydroxylation is 1. The molecular weight excluding hydrogens is 212 g/mol. The zero-order valence-corrected chi connectivity index (χ0v) is 10.6. The molecule has 0 amide bonds. The van der Waals surface area contributed by atoms with E-state index in [9.17, 15) is 5.11 Å². The first kappa shape index (κ1) is 11.1. The van der Waals surface area contributed by atoms with Gasteiger partial charge >= 0.3 is 0 Å². The molecule has 2 nitrogen and oxygen atoms in total. The van der Waals surface area contributed by atoms with Crippen LogP contribution in [0.5, 0.6) is 5.75 Å². The summed E-state index contributed by atoms with van der Waals surface area (Å²) < 4.78 is 5.29. The lowest BCUT2D eigenvalue weighted by Crippen LogP contribution is -2.35. The van der Waals surface area contributed by atoms with E-state index >= 15 is 0 Å². The third-order valence-electron chi connectivity index (χ3n) is 4.94. The summed E-state index contributed by atoms with van der Waals surface area (Å²) in [5.74, 6) is 1.48. The highest BCUT2D eigenvalue weighted by molar-refractivity contribution is 5.41. The standard InChI is InChI=1S/C15H20O2/c1-15-8-7-10-9-11(17-2)3-4-12(10)13(15)5-6-14(15)16/h3-4,9,13-14,16H,5-8H2,1-2H3/t13-,14?,15-/m0/s1. The number of aliphatic hydroxyl groups excluding tert-OH is 1. The van der Waals surface area contributed by atoms with Gasteiger partial charge in [-0.05, 0) is 54.9 Å². The number of hydrogen-bond donors (Lipinski definition) is 1. The lowest BCUT2D eigenvalue weighted by molar-refractivity contribution is 0.0457. The maximum Gasteiger partial charge on any atom is 0.119 e. The smallest absolute Gasteiger partial charge is 0.119 e. The largest absolute Gasteiger partial charge is 0.497 e. The molecule has 0 bridgehead atoms. The summed E-state index contributed by atoms with van der Waals surface area (Å²) in [6.07, 6.45) is 4.11. The van der Waals surface area contributed by atoms with E-state index in [2.05, 4.69) is 25.1 Å². The third-order valence-corrected chi connectivity index (χ3v) is 4.94. The first-order chi connectivity index (χ1) is 8.15. The minimum absolute atomic E-state index is 0.0988. The average Bonchev–Trinajstić information content (AvgIpc) is 2.65. The van der Waals surface area contributed by atoms with Crippen molar-refractivity contribution in [3.05, 3.63) is 29.3 Å². The molecule has 0 aliphatic heterocycles. The number of fused-ring (bicyclic) bond motifs is 3. The van der Waals surface area contributed by atoms with Gasteiger partial charge in [-0.1, -0.05) is 13.0 Å². The summed E-state index contributed by atoms with van der Waals surface area (Å²) in [7, 11) is 1.72. The highest BCUT2D eigenvalue weighted by atomic mass is 16.5. The van der Waals surface area contributed by atoms with Crippen molar-refractivity contribution < 1.29 is 9.84 Å². The molecule has 0 heterocycles. The van der Waals surface area contributed by atoms with Crippen LogP contribution in [0.1, 0.15) is 43.2 Å². The fraction of sp³-hybridized carbons (Fsp3) is 0.600. The first-order valence-corrected chi connectivity index (χ1v) is 6.50. The predicted molar refractivity (Wildman–Crippen MR) is 67.4 cm³/mol. The van der Waals surface area contributed by atoms with Crippen molar-refractivity contribution in [2.75, 3.05) is 7.11 Å². The zero-order valence-electron chi connectivity index (χ0n) is 10.6. The fourth-order valence-corrected chi connectivity index (χ4v) is 3.74. The van der Waals surface area contributed by atoms with Gasteiger partial charge in [0.1, 0.15) is 5.75 Å². The topological polar surface area (TPSA) is 29.5 Å². The van der Waals surface area contributed by atoms with Crippen LogP contribution in [0.25, 0.3) is 0 Å². The quantitative estimate of drug-likeness (QED) is 0.806. The highest BCUT2D eigenvalue weighted by Crippen LogP contribution is 2.55. The summed E-state index contributed by atoms with van der Waals surface area (Å²) >= 11 is 0. The molecule has 3 atom stereocenters. The third kappa shape index (κ3) is 1.50. The molecule has 1 aromatic carbocycles. The van der Waals surface area contributed by atoms with Crippen molar-refractivity contribution in [3.8, 4) is 5.75 Å². The minimum atomic E-state index is -0.122. The summed E-state index contributed by atoms with van der Waals surface area (Å²) in [4.78, 5) is 0. The van der Waals surface area contributed by atoms with Gasteiger partial charge in [0.2, 0.25) is 0 Å². The second-order valence-corrected chi connectivity index (χ2v) is 5.72. The van der Waals surface area contributed by atoms with E-state index < -0.39 is 0 Å². The molecule has 2 heteroatoms. The Morgan fingerprint density at radius 1 is 1.35 bits per heavy atom. The zero-order chi connectivity index (χ0) is 12.0. The average molecular weight is 232 g/mol. The Morgan fingerprint density at radius 3 is 2.94 bits per heavy atom. The maximum atomic E-state index is 10.2. The van der Waals surface area contributed by atoms with Gasteiger partial charge in [0.05, 0.1) is 13.2 Å². The Bertz CT molecular complexity index is 441. The first-order valence-electron chi connectivity index (χ1n) is 6.50. The molecule has 2 aliphatic carbocycles. The molecule has 0 radical (unpaired) electrons. The van der Waals surface area contributed by atoms with Crippen molar-refractivity contribution in [2.45, 2.75) is 44.6 Å². The van der Waals surface area contributed by atoms with Crippen LogP contribution >= 0.6 is 0 Å². The van der Waals surface area contributed by atoms with E-state index in [1.807, 2.05) is 0 Å². The maximum absolute atomic E-state index is 10.2. The van der Waals surface area contributed by atoms with E-state index in [-0.39, 0.29) is 11.5 Å². The molecular formula is C15H20O2. The number of methoxy groups -OCH3 is 1. The molecule has 1 fully saturated rings. The Hall–Kier alpha value is -1.02.